The summed E-state index contributed by atoms with van der Waals surface area (Å²) in [7, 11) is 1.63. The van der Waals surface area contributed by atoms with Crippen LogP contribution in [0.1, 0.15) is 21.6 Å². The molecule has 1 aromatic heterocycles. The highest BCUT2D eigenvalue weighted by Crippen LogP contribution is 2.23. The van der Waals surface area contributed by atoms with Crippen molar-refractivity contribution in [3.63, 3.8) is 0 Å². The van der Waals surface area contributed by atoms with Crippen LogP contribution in [-0.4, -0.2) is 23.2 Å². The van der Waals surface area contributed by atoms with E-state index >= 15 is 0 Å². The molecule has 0 spiro atoms. The van der Waals surface area contributed by atoms with Crippen LogP contribution in [0, 0.1) is 13.8 Å². The number of benzene rings is 1. The fourth-order valence-corrected chi connectivity index (χ4v) is 1.96. The van der Waals surface area contributed by atoms with E-state index < -0.39 is 5.97 Å². The maximum atomic E-state index is 10.9. The number of nitrogens with zero attached hydrogens (tertiary/aromatic N) is 1. The molecule has 2 N–H and O–H groups in total. The Labute approximate surface area is 117 Å². The van der Waals surface area contributed by atoms with Gasteiger partial charge < -0.3 is 15.2 Å². The first-order valence-corrected chi connectivity index (χ1v) is 6.14. The summed E-state index contributed by atoms with van der Waals surface area (Å²) in [4.78, 5) is 15.2. The zero-order chi connectivity index (χ0) is 14.7. The Hall–Kier alpha value is -2.56. The normalized spacial score (nSPS) is 10.2. The molecule has 2 aromatic rings. The van der Waals surface area contributed by atoms with Gasteiger partial charge in [-0.05, 0) is 49.7 Å². The van der Waals surface area contributed by atoms with E-state index in [0.29, 0.717) is 11.5 Å². The Bertz CT molecular complexity index is 654. The Morgan fingerprint density at radius 3 is 2.55 bits per heavy atom. The van der Waals surface area contributed by atoms with Crippen molar-refractivity contribution in [3.8, 4) is 5.75 Å². The summed E-state index contributed by atoms with van der Waals surface area (Å²) in [6, 6.07) is 8.89. The summed E-state index contributed by atoms with van der Waals surface area (Å²) in [6.07, 6.45) is 0. The number of nitrogens with one attached hydrogen (secondary N) is 1. The number of hydrogen-bond donors (Lipinski definition) is 2. The van der Waals surface area contributed by atoms with Gasteiger partial charge in [-0.15, -0.1) is 0 Å². The molecule has 1 aromatic carbocycles. The number of pyridine rings is 1. The third-order valence-corrected chi connectivity index (χ3v) is 2.98. The quantitative estimate of drug-likeness (QED) is 0.894. The summed E-state index contributed by atoms with van der Waals surface area (Å²) < 4.78 is 5.20. The lowest BCUT2D eigenvalue weighted by Crippen LogP contribution is -2.03. The van der Waals surface area contributed by atoms with Gasteiger partial charge in [0, 0.05) is 5.69 Å². The van der Waals surface area contributed by atoms with Crippen LogP contribution < -0.4 is 10.1 Å². The van der Waals surface area contributed by atoms with Crippen molar-refractivity contribution in [2.75, 3.05) is 12.4 Å². The number of aromatic carboxylic acids is 1. The molecule has 0 aliphatic heterocycles. The van der Waals surface area contributed by atoms with E-state index in [4.69, 9.17) is 9.84 Å². The van der Waals surface area contributed by atoms with Crippen molar-refractivity contribution in [1.82, 2.24) is 4.98 Å². The summed E-state index contributed by atoms with van der Waals surface area (Å²) in [6.45, 7) is 3.63. The van der Waals surface area contributed by atoms with E-state index in [1.54, 1.807) is 26.2 Å². The highest BCUT2D eigenvalue weighted by atomic mass is 16.5. The summed E-state index contributed by atoms with van der Waals surface area (Å²) in [5, 5.41) is 12.1. The number of aryl methyl sites for hydroxylation is 2. The van der Waals surface area contributed by atoms with Gasteiger partial charge in [-0.1, -0.05) is 0 Å². The number of ether oxygens (including phenoxy) is 1. The zero-order valence-electron chi connectivity index (χ0n) is 11.6. The van der Waals surface area contributed by atoms with Gasteiger partial charge in [-0.25, -0.2) is 9.78 Å². The SMILES string of the molecule is COc1ccc(Nc2ccc(C(=O)O)c(C)n2)cc1C. The third-order valence-electron chi connectivity index (χ3n) is 2.98. The summed E-state index contributed by atoms with van der Waals surface area (Å²) in [5.74, 6) is 0.458. The predicted molar refractivity (Wildman–Crippen MR) is 76.9 cm³/mol. The van der Waals surface area contributed by atoms with E-state index in [2.05, 4.69) is 10.3 Å². The van der Waals surface area contributed by atoms with Crippen LogP contribution in [0.3, 0.4) is 0 Å². The molecule has 0 aliphatic rings. The minimum absolute atomic E-state index is 0.210. The third kappa shape index (κ3) is 2.88. The standard InChI is InChI=1S/C15H16N2O3/c1-9-8-11(4-6-13(9)20-3)17-14-7-5-12(15(18)19)10(2)16-14/h4-8H,1-3H3,(H,16,17)(H,18,19). The lowest BCUT2D eigenvalue weighted by molar-refractivity contribution is 0.0695. The molecule has 0 atom stereocenters. The van der Waals surface area contributed by atoms with E-state index in [9.17, 15) is 4.79 Å². The fourth-order valence-electron chi connectivity index (χ4n) is 1.96. The number of methoxy groups -OCH3 is 1. The molecule has 0 saturated carbocycles. The van der Waals surface area contributed by atoms with Crippen LogP contribution >= 0.6 is 0 Å². The molecular formula is C15H16N2O3. The molecule has 0 aliphatic carbocycles. The Balaban J connectivity index is 2.24. The van der Waals surface area contributed by atoms with E-state index in [-0.39, 0.29) is 5.56 Å². The lowest BCUT2D eigenvalue weighted by atomic mass is 10.2. The van der Waals surface area contributed by atoms with Crippen molar-refractivity contribution >= 4 is 17.5 Å². The minimum Gasteiger partial charge on any atom is -0.496 e. The van der Waals surface area contributed by atoms with Gasteiger partial charge in [0.05, 0.1) is 18.4 Å². The van der Waals surface area contributed by atoms with Gasteiger partial charge >= 0.3 is 5.97 Å². The predicted octanol–water partition coefficient (Wildman–Crippen LogP) is 3.15. The van der Waals surface area contributed by atoms with Crippen LogP contribution in [0.5, 0.6) is 5.75 Å². The van der Waals surface area contributed by atoms with Crippen molar-refractivity contribution < 1.29 is 14.6 Å². The molecule has 104 valence electrons. The van der Waals surface area contributed by atoms with Crippen LogP contribution in [0.15, 0.2) is 30.3 Å². The maximum absolute atomic E-state index is 10.9. The second kappa shape index (κ2) is 5.61. The zero-order valence-corrected chi connectivity index (χ0v) is 11.6. The number of carbonyl (C=O) groups is 1. The summed E-state index contributed by atoms with van der Waals surface area (Å²) in [5.41, 5.74) is 2.57. The molecule has 1 heterocycles. The van der Waals surface area contributed by atoms with Crippen LogP contribution in [0.4, 0.5) is 11.5 Å². The molecule has 0 amide bonds. The van der Waals surface area contributed by atoms with Crippen molar-refractivity contribution in [2.45, 2.75) is 13.8 Å². The number of rotatable bonds is 4. The molecule has 5 heteroatoms. The molecule has 0 saturated heterocycles. The highest BCUT2D eigenvalue weighted by molar-refractivity contribution is 5.89. The highest BCUT2D eigenvalue weighted by Gasteiger charge is 2.09. The van der Waals surface area contributed by atoms with Gasteiger partial charge in [0.25, 0.3) is 0 Å². The first-order valence-electron chi connectivity index (χ1n) is 6.14. The van der Waals surface area contributed by atoms with Crippen molar-refractivity contribution in [3.05, 3.63) is 47.2 Å². The van der Waals surface area contributed by atoms with Crippen LogP contribution in [0.25, 0.3) is 0 Å². The summed E-state index contributed by atoms with van der Waals surface area (Å²) >= 11 is 0. The Morgan fingerprint density at radius 1 is 1.25 bits per heavy atom. The Morgan fingerprint density at radius 2 is 2.00 bits per heavy atom. The van der Waals surface area contributed by atoms with Gasteiger partial charge in [0.1, 0.15) is 11.6 Å². The molecule has 0 unspecified atom stereocenters. The van der Waals surface area contributed by atoms with E-state index in [1.165, 1.54) is 0 Å². The average molecular weight is 272 g/mol. The van der Waals surface area contributed by atoms with Gasteiger partial charge in [-0.3, -0.25) is 0 Å². The molecule has 0 bridgehead atoms. The number of carboxylic acid groups (broad SMARTS) is 1. The lowest BCUT2D eigenvalue weighted by Gasteiger charge is -2.10. The number of aromatic nitrogens is 1. The van der Waals surface area contributed by atoms with E-state index in [1.807, 2.05) is 25.1 Å². The van der Waals surface area contributed by atoms with Crippen LogP contribution in [-0.2, 0) is 0 Å². The monoisotopic (exact) mass is 272 g/mol. The molecule has 2 rings (SSSR count). The molecular weight excluding hydrogens is 256 g/mol. The second-order valence-electron chi connectivity index (χ2n) is 4.44. The van der Waals surface area contributed by atoms with Crippen molar-refractivity contribution in [1.29, 1.82) is 0 Å². The molecule has 20 heavy (non-hydrogen) atoms. The van der Waals surface area contributed by atoms with E-state index in [0.717, 1.165) is 17.0 Å². The number of carboxylic acids is 1. The first-order chi connectivity index (χ1) is 9.51. The van der Waals surface area contributed by atoms with Crippen molar-refractivity contribution in [2.24, 2.45) is 0 Å². The number of hydrogen-bond acceptors (Lipinski definition) is 4. The molecule has 5 nitrogen and oxygen atoms in total. The molecule has 0 fully saturated rings. The van der Waals surface area contributed by atoms with Gasteiger partial charge in [-0.2, -0.15) is 0 Å². The largest absolute Gasteiger partial charge is 0.496 e. The Kier molecular flexibility index (Phi) is 3.89. The van der Waals surface area contributed by atoms with Gasteiger partial charge in [0.15, 0.2) is 0 Å². The number of anilines is 2. The smallest absolute Gasteiger partial charge is 0.337 e. The fraction of sp³-hybridized carbons (Fsp3) is 0.200. The first kappa shape index (κ1) is 13.9. The topological polar surface area (TPSA) is 71.5 Å². The minimum atomic E-state index is -0.971. The molecule has 0 radical (unpaired) electrons. The maximum Gasteiger partial charge on any atom is 0.337 e. The van der Waals surface area contributed by atoms with Gasteiger partial charge in [0.2, 0.25) is 0 Å². The average Bonchev–Trinajstić information content (AvgIpc) is 2.38. The second-order valence-corrected chi connectivity index (χ2v) is 4.44. The van der Waals surface area contributed by atoms with Crippen LogP contribution in [0.2, 0.25) is 0 Å².